The van der Waals surface area contributed by atoms with E-state index in [1.807, 2.05) is 0 Å². The van der Waals surface area contributed by atoms with Gasteiger partial charge in [-0.2, -0.15) is 0 Å². The van der Waals surface area contributed by atoms with Gasteiger partial charge >= 0.3 is 5.97 Å². The summed E-state index contributed by atoms with van der Waals surface area (Å²) in [6.07, 6.45) is 1.26. The number of rotatable bonds is 3. The van der Waals surface area contributed by atoms with Gasteiger partial charge in [-0.05, 0) is 55.0 Å². The molecular formula is C24H14ClFO6. The van der Waals surface area contributed by atoms with E-state index in [-0.39, 0.29) is 40.2 Å². The van der Waals surface area contributed by atoms with Crippen LogP contribution in [0.15, 0.2) is 54.3 Å². The number of hydrogen-bond acceptors (Lipinski definition) is 6. The molecule has 0 N–H and O–H groups in total. The van der Waals surface area contributed by atoms with Crippen molar-refractivity contribution in [3.8, 4) is 23.0 Å². The number of benzene rings is 3. The average molecular weight is 453 g/mol. The second-order valence-corrected chi connectivity index (χ2v) is 7.55. The lowest BCUT2D eigenvalue weighted by Crippen LogP contribution is -2.08. The molecule has 0 saturated heterocycles. The van der Waals surface area contributed by atoms with Crippen molar-refractivity contribution in [2.24, 2.45) is 0 Å². The fourth-order valence-corrected chi connectivity index (χ4v) is 3.72. The molecule has 2 aliphatic rings. The maximum atomic E-state index is 14.1. The van der Waals surface area contributed by atoms with Gasteiger partial charge in [0.15, 0.2) is 17.3 Å². The summed E-state index contributed by atoms with van der Waals surface area (Å²) >= 11 is 6.05. The Morgan fingerprint density at radius 2 is 1.91 bits per heavy atom. The van der Waals surface area contributed by atoms with E-state index in [1.165, 1.54) is 36.4 Å². The molecule has 160 valence electrons. The smallest absolute Gasteiger partial charge is 0.343 e. The number of ether oxygens (including phenoxy) is 4. The van der Waals surface area contributed by atoms with Gasteiger partial charge < -0.3 is 18.9 Å². The molecule has 32 heavy (non-hydrogen) atoms. The molecule has 2 aliphatic heterocycles. The number of hydrogen-bond donors (Lipinski definition) is 0. The number of carbonyl (C=O) groups excluding carboxylic acids is 2. The van der Waals surface area contributed by atoms with Gasteiger partial charge in [-0.15, -0.1) is 0 Å². The Morgan fingerprint density at radius 1 is 1.09 bits per heavy atom. The number of aryl methyl sites for hydroxylation is 1. The predicted octanol–water partition coefficient (Wildman–Crippen LogP) is 5.35. The van der Waals surface area contributed by atoms with Crippen molar-refractivity contribution in [1.29, 1.82) is 0 Å². The first kappa shape index (κ1) is 20.1. The summed E-state index contributed by atoms with van der Waals surface area (Å²) in [5.74, 6) is -0.256. The third-order valence-electron chi connectivity index (χ3n) is 5.04. The standard InChI is InChI=1S/C24H14ClFO6/c1-12-7-14(31-24(28)13-5-6-18-19(8-13)30-11-29-18)9-20-22(12)23(27)21(32-20)10-15-16(25)3-2-4-17(15)26/h2-10H,11H2,1H3/b21-10-. The second-order valence-electron chi connectivity index (χ2n) is 7.15. The van der Waals surface area contributed by atoms with E-state index in [9.17, 15) is 14.0 Å². The highest BCUT2D eigenvalue weighted by atomic mass is 35.5. The molecule has 0 spiro atoms. The van der Waals surface area contributed by atoms with Crippen molar-refractivity contribution in [3.63, 3.8) is 0 Å². The van der Waals surface area contributed by atoms with E-state index >= 15 is 0 Å². The quantitative estimate of drug-likeness (QED) is 0.303. The van der Waals surface area contributed by atoms with Crippen LogP contribution in [-0.2, 0) is 0 Å². The number of ketones is 1. The van der Waals surface area contributed by atoms with E-state index in [2.05, 4.69) is 0 Å². The largest absolute Gasteiger partial charge is 0.454 e. The molecule has 0 fully saturated rings. The van der Waals surface area contributed by atoms with Crippen LogP contribution in [-0.4, -0.2) is 18.5 Å². The Morgan fingerprint density at radius 3 is 2.72 bits per heavy atom. The summed E-state index contributed by atoms with van der Waals surface area (Å²) in [6.45, 7) is 1.79. The Hall–Kier alpha value is -3.84. The number of Topliss-reactive ketones (excluding diaryl/α,β-unsaturated/α-hetero) is 1. The predicted molar refractivity (Wildman–Crippen MR) is 113 cm³/mol. The lowest BCUT2D eigenvalue weighted by molar-refractivity contribution is 0.0734. The zero-order valence-corrected chi connectivity index (χ0v) is 17.4. The molecule has 0 aliphatic carbocycles. The van der Waals surface area contributed by atoms with E-state index in [1.54, 1.807) is 25.1 Å². The number of fused-ring (bicyclic) bond motifs is 2. The van der Waals surface area contributed by atoms with Crippen molar-refractivity contribution in [1.82, 2.24) is 0 Å². The van der Waals surface area contributed by atoms with Crippen LogP contribution >= 0.6 is 11.6 Å². The van der Waals surface area contributed by atoms with Crippen LogP contribution in [0, 0.1) is 12.7 Å². The van der Waals surface area contributed by atoms with Gasteiger partial charge in [-0.1, -0.05) is 17.7 Å². The highest BCUT2D eigenvalue weighted by Gasteiger charge is 2.31. The molecule has 8 heteroatoms. The number of carbonyl (C=O) groups is 2. The van der Waals surface area contributed by atoms with Crippen molar-refractivity contribution in [3.05, 3.63) is 87.4 Å². The minimum Gasteiger partial charge on any atom is -0.454 e. The molecule has 0 bridgehead atoms. The van der Waals surface area contributed by atoms with Crippen LogP contribution < -0.4 is 18.9 Å². The van der Waals surface area contributed by atoms with Crippen LogP contribution in [0.1, 0.15) is 31.8 Å². The van der Waals surface area contributed by atoms with Gasteiger partial charge in [-0.3, -0.25) is 4.79 Å². The van der Waals surface area contributed by atoms with Crippen LogP contribution in [0.3, 0.4) is 0 Å². The summed E-state index contributed by atoms with van der Waals surface area (Å²) in [6, 6.07) is 11.9. The van der Waals surface area contributed by atoms with E-state index < -0.39 is 17.6 Å². The summed E-state index contributed by atoms with van der Waals surface area (Å²) in [5.41, 5.74) is 1.19. The number of allylic oxidation sites excluding steroid dienone is 1. The first-order chi connectivity index (χ1) is 15.4. The second kappa shape index (κ2) is 7.69. The summed E-state index contributed by atoms with van der Waals surface area (Å²) in [7, 11) is 0. The average Bonchev–Trinajstić information content (AvgIpc) is 3.34. The lowest BCUT2D eigenvalue weighted by Gasteiger charge is -2.08. The maximum absolute atomic E-state index is 14.1. The van der Waals surface area contributed by atoms with Gasteiger partial charge in [0, 0.05) is 11.6 Å². The Bertz CT molecular complexity index is 1310. The molecule has 2 heterocycles. The molecule has 0 radical (unpaired) electrons. The third-order valence-corrected chi connectivity index (χ3v) is 5.37. The summed E-state index contributed by atoms with van der Waals surface area (Å²) in [4.78, 5) is 25.4. The SMILES string of the molecule is Cc1cc(OC(=O)c2ccc3c(c2)OCO3)cc2c1C(=O)/C(=C/c1c(F)cccc1Cl)O2. The van der Waals surface area contributed by atoms with E-state index in [0.29, 0.717) is 22.6 Å². The molecule has 3 aromatic rings. The highest BCUT2D eigenvalue weighted by molar-refractivity contribution is 6.32. The fourth-order valence-electron chi connectivity index (χ4n) is 3.51. The molecule has 0 amide bonds. The third kappa shape index (κ3) is 3.46. The monoisotopic (exact) mass is 452 g/mol. The normalized spacial score (nSPS) is 15.0. The molecule has 0 saturated carbocycles. The van der Waals surface area contributed by atoms with E-state index in [0.717, 1.165) is 0 Å². The summed E-state index contributed by atoms with van der Waals surface area (Å²) in [5, 5.41) is 0.153. The van der Waals surface area contributed by atoms with Crippen LogP contribution in [0.2, 0.25) is 5.02 Å². The first-order valence-corrected chi connectivity index (χ1v) is 9.93. The van der Waals surface area contributed by atoms with Crippen molar-refractivity contribution < 1.29 is 32.9 Å². The Balaban J connectivity index is 1.42. The molecule has 0 unspecified atom stereocenters. The van der Waals surface area contributed by atoms with Crippen molar-refractivity contribution in [2.75, 3.05) is 6.79 Å². The molecule has 5 rings (SSSR count). The van der Waals surface area contributed by atoms with Crippen LogP contribution in [0.4, 0.5) is 4.39 Å². The van der Waals surface area contributed by atoms with E-state index in [4.69, 9.17) is 30.5 Å². The Labute approximate surface area is 186 Å². The number of esters is 1. The topological polar surface area (TPSA) is 71.1 Å². The summed E-state index contributed by atoms with van der Waals surface area (Å²) < 4.78 is 35.8. The molecule has 0 aromatic heterocycles. The van der Waals surface area contributed by atoms with Crippen LogP contribution in [0.25, 0.3) is 6.08 Å². The molecule has 0 atom stereocenters. The van der Waals surface area contributed by atoms with Crippen molar-refractivity contribution in [2.45, 2.75) is 6.92 Å². The Kier molecular flexibility index (Phi) is 4.83. The fraction of sp³-hybridized carbons (Fsp3) is 0.0833. The van der Waals surface area contributed by atoms with Gasteiger partial charge in [0.05, 0.1) is 16.1 Å². The van der Waals surface area contributed by atoms with Gasteiger partial charge in [0.25, 0.3) is 0 Å². The minimum absolute atomic E-state index is 0.0532. The molecular weight excluding hydrogens is 439 g/mol. The molecule has 6 nitrogen and oxygen atoms in total. The maximum Gasteiger partial charge on any atom is 0.343 e. The lowest BCUT2D eigenvalue weighted by atomic mass is 10.0. The van der Waals surface area contributed by atoms with Gasteiger partial charge in [0.2, 0.25) is 12.6 Å². The minimum atomic E-state index is -0.610. The number of halogens is 2. The van der Waals surface area contributed by atoms with Crippen LogP contribution in [0.5, 0.6) is 23.0 Å². The highest BCUT2D eigenvalue weighted by Crippen LogP contribution is 2.39. The molecule has 3 aromatic carbocycles. The zero-order valence-electron chi connectivity index (χ0n) is 16.6. The zero-order chi connectivity index (χ0) is 22.4. The van der Waals surface area contributed by atoms with Gasteiger partial charge in [0.1, 0.15) is 17.3 Å². The first-order valence-electron chi connectivity index (χ1n) is 9.55. The van der Waals surface area contributed by atoms with Crippen molar-refractivity contribution >= 4 is 29.4 Å². The van der Waals surface area contributed by atoms with Gasteiger partial charge in [-0.25, -0.2) is 9.18 Å².